The van der Waals surface area contributed by atoms with Gasteiger partial charge in [-0.3, -0.25) is 0 Å². The molecule has 36 heavy (non-hydrogen) atoms. The summed E-state index contributed by atoms with van der Waals surface area (Å²) in [4.78, 5) is 0. The SMILES string of the molecule is CCCCOCC(O)COc1c2ccccc2c(OCC(O)COCCCC)c2cc(CC)ccc12. The molecule has 0 aliphatic rings. The number of unbranched alkanes of at least 4 members (excludes halogenated alkanes) is 2. The van der Waals surface area contributed by atoms with E-state index in [4.69, 9.17) is 18.9 Å². The van der Waals surface area contributed by atoms with Gasteiger partial charge in [0.25, 0.3) is 0 Å². The van der Waals surface area contributed by atoms with Gasteiger partial charge in [0.2, 0.25) is 0 Å². The fourth-order valence-corrected chi connectivity index (χ4v) is 4.06. The number of aryl methyl sites for hydroxylation is 1. The van der Waals surface area contributed by atoms with Crippen molar-refractivity contribution in [3.05, 3.63) is 48.0 Å². The first-order valence-electron chi connectivity index (χ1n) is 13.3. The van der Waals surface area contributed by atoms with Crippen LogP contribution in [-0.4, -0.2) is 62.1 Å². The summed E-state index contributed by atoms with van der Waals surface area (Å²) in [6.45, 7) is 8.38. The Labute approximate surface area is 215 Å². The minimum absolute atomic E-state index is 0.134. The van der Waals surface area contributed by atoms with Gasteiger partial charge in [-0.15, -0.1) is 0 Å². The Kier molecular flexibility index (Phi) is 11.8. The zero-order valence-corrected chi connectivity index (χ0v) is 22.0. The molecule has 0 heterocycles. The predicted octanol–water partition coefficient (Wildman–Crippen LogP) is 5.67. The number of ether oxygens (including phenoxy) is 4. The summed E-state index contributed by atoms with van der Waals surface area (Å²) in [6, 6.07) is 14.2. The number of hydrogen-bond acceptors (Lipinski definition) is 6. The van der Waals surface area contributed by atoms with Crippen LogP contribution in [0.5, 0.6) is 11.5 Å². The highest BCUT2D eigenvalue weighted by molar-refractivity contribution is 6.11. The Morgan fingerprint density at radius 3 is 1.64 bits per heavy atom. The zero-order chi connectivity index (χ0) is 25.8. The predicted molar refractivity (Wildman–Crippen MR) is 145 cm³/mol. The van der Waals surface area contributed by atoms with Crippen molar-refractivity contribution in [3.63, 3.8) is 0 Å². The number of fused-ring (bicyclic) bond motifs is 2. The lowest BCUT2D eigenvalue weighted by atomic mass is 9.98. The minimum atomic E-state index is -0.719. The van der Waals surface area contributed by atoms with Crippen molar-refractivity contribution in [2.24, 2.45) is 0 Å². The fraction of sp³-hybridized carbons (Fsp3) is 0.533. The van der Waals surface area contributed by atoms with Crippen LogP contribution in [0.4, 0.5) is 0 Å². The highest BCUT2D eigenvalue weighted by Crippen LogP contribution is 2.43. The Balaban J connectivity index is 1.87. The molecule has 3 rings (SSSR count). The van der Waals surface area contributed by atoms with Gasteiger partial charge in [0, 0.05) is 34.8 Å². The molecule has 0 amide bonds. The number of rotatable bonds is 17. The molecule has 0 aromatic heterocycles. The molecule has 2 unspecified atom stereocenters. The second-order valence-corrected chi connectivity index (χ2v) is 9.22. The molecule has 6 nitrogen and oxygen atoms in total. The van der Waals surface area contributed by atoms with Crippen molar-refractivity contribution in [1.82, 2.24) is 0 Å². The van der Waals surface area contributed by atoms with E-state index in [1.54, 1.807) is 0 Å². The van der Waals surface area contributed by atoms with E-state index in [0.29, 0.717) is 19.0 Å². The maximum Gasteiger partial charge on any atom is 0.135 e. The summed E-state index contributed by atoms with van der Waals surface area (Å²) in [5, 5.41) is 24.5. The smallest absolute Gasteiger partial charge is 0.135 e. The quantitative estimate of drug-likeness (QED) is 0.185. The molecule has 2 atom stereocenters. The van der Waals surface area contributed by atoms with Gasteiger partial charge in [0.15, 0.2) is 0 Å². The van der Waals surface area contributed by atoms with E-state index < -0.39 is 12.2 Å². The summed E-state index contributed by atoms with van der Waals surface area (Å²) in [6.07, 6.45) is 3.52. The van der Waals surface area contributed by atoms with E-state index >= 15 is 0 Å². The number of hydrogen-bond donors (Lipinski definition) is 2. The van der Waals surface area contributed by atoms with Gasteiger partial charge in [0.05, 0.1) is 13.2 Å². The molecule has 0 spiro atoms. The van der Waals surface area contributed by atoms with E-state index in [0.717, 1.165) is 59.4 Å². The number of benzene rings is 3. The lowest BCUT2D eigenvalue weighted by molar-refractivity contribution is 0.0115. The van der Waals surface area contributed by atoms with E-state index in [1.807, 2.05) is 24.3 Å². The van der Waals surface area contributed by atoms with Crippen molar-refractivity contribution in [2.45, 2.75) is 65.1 Å². The summed E-state index contributed by atoms with van der Waals surface area (Å²) >= 11 is 0. The van der Waals surface area contributed by atoms with Gasteiger partial charge in [-0.25, -0.2) is 0 Å². The van der Waals surface area contributed by atoms with E-state index in [-0.39, 0.29) is 26.4 Å². The molecule has 0 aliphatic carbocycles. The molecule has 0 radical (unpaired) electrons. The van der Waals surface area contributed by atoms with Crippen molar-refractivity contribution < 1.29 is 29.2 Å². The van der Waals surface area contributed by atoms with Gasteiger partial charge in [-0.1, -0.05) is 70.0 Å². The normalized spacial score (nSPS) is 13.2. The first-order valence-corrected chi connectivity index (χ1v) is 13.3. The van der Waals surface area contributed by atoms with Gasteiger partial charge in [-0.2, -0.15) is 0 Å². The molecular weight excluding hydrogens is 456 g/mol. The van der Waals surface area contributed by atoms with Crippen LogP contribution < -0.4 is 9.47 Å². The molecule has 3 aromatic rings. The number of aliphatic hydroxyl groups is 2. The van der Waals surface area contributed by atoms with Crippen molar-refractivity contribution in [3.8, 4) is 11.5 Å². The summed E-state index contributed by atoms with van der Waals surface area (Å²) in [5.74, 6) is 1.44. The van der Waals surface area contributed by atoms with Crippen LogP contribution in [0.3, 0.4) is 0 Å². The van der Waals surface area contributed by atoms with Crippen LogP contribution in [0.25, 0.3) is 21.5 Å². The molecule has 6 heteroatoms. The monoisotopic (exact) mass is 498 g/mol. The van der Waals surface area contributed by atoms with Gasteiger partial charge < -0.3 is 29.2 Å². The Bertz CT molecular complexity index is 1070. The Morgan fingerprint density at radius 1 is 0.639 bits per heavy atom. The zero-order valence-electron chi connectivity index (χ0n) is 22.0. The van der Waals surface area contributed by atoms with Crippen molar-refractivity contribution in [2.75, 3.05) is 39.6 Å². The highest BCUT2D eigenvalue weighted by Gasteiger charge is 2.19. The van der Waals surface area contributed by atoms with Crippen LogP contribution in [0, 0.1) is 0 Å². The Hall–Kier alpha value is -2.38. The molecular formula is C30H42O6. The van der Waals surface area contributed by atoms with Crippen LogP contribution in [0.15, 0.2) is 42.5 Å². The summed E-state index contributed by atoms with van der Waals surface area (Å²) in [5.41, 5.74) is 1.18. The fourth-order valence-electron chi connectivity index (χ4n) is 4.06. The molecule has 0 fully saturated rings. The third-order valence-corrected chi connectivity index (χ3v) is 6.14. The molecule has 0 saturated heterocycles. The maximum absolute atomic E-state index is 10.4. The average Bonchev–Trinajstić information content (AvgIpc) is 2.90. The van der Waals surface area contributed by atoms with Crippen LogP contribution in [-0.2, 0) is 15.9 Å². The van der Waals surface area contributed by atoms with Crippen molar-refractivity contribution >= 4 is 21.5 Å². The molecule has 0 aliphatic heterocycles. The molecule has 198 valence electrons. The third-order valence-electron chi connectivity index (χ3n) is 6.14. The van der Waals surface area contributed by atoms with Crippen LogP contribution >= 0.6 is 0 Å². The van der Waals surface area contributed by atoms with E-state index in [1.165, 1.54) is 5.56 Å². The van der Waals surface area contributed by atoms with Gasteiger partial charge in [-0.05, 0) is 30.9 Å². The molecule has 3 aromatic carbocycles. The second-order valence-electron chi connectivity index (χ2n) is 9.22. The van der Waals surface area contributed by atoms with Crippen LogP contribution in [0.1, 0.15) is 52.0 Å². The standard InChI is InChI=1S/C30H42O6/c1-4-7-15-33-18-23(31)20-35-29-25-11-9-10-12-26(25)30(28-17-22(6-3)13-14-27(28)29)36-21-24(32)19-34-16-8-5-2/h9-14,17,23-24,31-32H,4-8,15-16,18-21H2,1-3H3. The lowest BCUT2D eigenvalue weighted by Crippen LogP contribution is -2.24. The highest BCUT2D eigenvalue weighted by atomic mass is 16.5. The van der Waals surface area contributed by atoms with Gasteiger partial charge in [0.1, 0.15) is 36.9 Å². The minimum Gasteiger partial charge on any atom is -0.489 e. The molecule has 0 bridgehead atoms. The third kappa shape index (κ3) is 7.81. The average molecular weight is 499 g/mol. The van der Waals surface area contributed by atoms with Crippen molar-refractivity contribution in [1.29, 1.82) is 0 Å². The number of aliphatic hydroxyl groups excluding tert-OH is 2. The van der Waals surface area contributed by atoms with E-state index in [9.17, 15) is 10.2 Å². The van der Waals surface area contributed by atoms with E-state index in [2.05, 4.69) is 39.0 Å². The lowest BCUT2D eigenvalue weighted by Gasteiger charge is -2.20. The topological polar surface area (TPSA) is 77.4 Å². The summed E-state index contributed by atoms with van der Waals surface area (Å²) in [7, 11) is 0. The largest absolute Gasteiger partial charge is 0.489 e. The first kappa shape index (κ1) is 28.2. The van der Waals surface area contributed by atoms with Gasteiger partial charge >= 0.3 is 0 Å². The molecule has 2 N–H and O–H groups in total. The Morgan fingerprint density at radius 2 is 1.14 bits per heavy atom. The first-order chi connectivity index (χ1) is 17.6. The second kappa shape index (κ2) is 15.0. The van der Waals surface area contributed by atoms with Crippen LogP contribution in [0.2, 0.25) is 0 Å². The maximum atomic E-state index is 10.4. The summed E-state index contributed by atoms with van der Waals surface area (Å²) < 4.78 is 23.6. The molecule has 0 saturated carbocycles.